The van der Waals surface area contributed by atoms with Crippen LogP contribution in [0.4, 0.5) is 0 Å². The van der Waals surface area contributed by atoms with Gasteiger partial charge in [0.25, 0.3) is 5.56 Å². The molecule has 38 heavy (non-hydrogen) atoms. The van der Waals surface area contributed by atoms with Crippen LogP contribution in [0.1, 0.15) is 53.5 Å². The predicted molar refractivity (Wildman–Crippen MR) is 154 cm³/mol. The number of methoxy groups -OCH3 is 1. The molecule has 4 aromatic rings. The zero-order chi connectivity index (χ0) is 27.4. The number of carbonyl (C=O) groups is 1. The van der Waals surface area contributed by atoms with Crippen molar-refractivity contribution in [1.29, 1.82) is 0 Å². The summed E-state index contributed by atoms with van der Waals surface area (Å²) < 4.78 is 14.3. The first-order valence-corrected chi connectivity index (χ1v) is 13.4. The van der Waals surface area contributed by atoms with Crippen molar-refractivity contribution in [3.05, 3.63) is 96.4 Å². The van der Waals surface area contributed by atoms with E-state index in [2.05, 4.69) is 37.0 Å². The number of hydrogen-bond donors (Lipinski definition) is 1. The highest BCUT2D eigenvalue weighted by molar-refractivity contribution is 9.10. The first-order valence-electron chi connectivity index (χ1n) is 11.8. The Morgan fingerprint density at radius 3 is 2.66 bits per heavy atom. The van der Waals surface area contributed by atoms with Gasteiger partial charge in [-0.3, -0.25) is 4.79 Å². The fraction of sp³-hybridized carbons (Fsp3) is 0.214. The number of rotatable bonds is 9. The molecule has 1 atom stereocenters. The molecule has 0 spiro atoms. The lowest BCUT2D eigenvalue weighted by Gasteiger charge is -2.15. The molecule has 10 heteroatoms. The van der Waals surface area contributed by atoms with Gasteiger partial charge in [0.1, 0.15) is 12.4 Å². The highest BCUT2D eigenvalue weighted by Gasteiger charge is 2.16. The van der Waals surface area contributed by atoms with Crippen LogP contribution in [-0.4, -0.2) is 34.1 Å². The zero-order valence-electron chi connectivity index (χ0n) is 20.9. The quantitative estimate of drug-likeness (QED) is 0.206. The van der Waals surface area contributed by atoms with Crippen LogP contribution in [0.3, 0.4) is 0 Å². The summed E-state index contributed by atoms with van der Waals surface area (Å²) in [6, 6.07) is 15.5. The van der Waals surface area contributed by atoms with E-state index in [1.165, 1.54) is 17.9 Å². The molecular formula is C28H25Br2N3O5. The minimum absolute atomic E-state index is 0.0151. The maximum atomic E-state index is 13.4. The molecule has 4 rings (SSSR count). The van der Waals surface area contributed by atoms with Gasteiger partial charge in [-0.1, -0.05) is 41.9 Å². The number of nitrogens with zero attached hydrogens (tertiary/aromatic N) is 3. The number of hydrogen-bond acceptors (Lipinski definition) is 6. The van der Waals surface area contributed by atoms with E-state index >= 15 is 0 Å². The molecule has 0 aliphatic carbocycles. The van der Waals surface area contributed by atoms with Crippen molar-refractivity contribution < 1.29 is 19.4 Å². The van der Waals surface area contributed by atoms with Crippen LogP contribution in [0.25, 0.3) is 10.9 Å². The van der Waals surface area contributed by atoms with Crippen LogP contribution in [0.15, 0.2) is 73.4 Å². The summed E-state index contributed by atoms with van der Waals surface area (Å²) in [6.45, 7) is 4.20. The molecular weight excluding hydrogens is 618 g/mol. The third kappa shape index (κ3) is 5.97. The molecule has 0 fully saturated rings. The third-order valence-corrected chi connectivity index (χ3v) is 7.23. The number of carboxylic acids is 1. The molecule has 0 amide bonds. The summed E-state index contributed by atoms with van der Waals surface area (Å²) in [6.07, 6.45) is 2.37. The monoisotopic (exact) mass is 641 g/mol. The average Bonchev–Trinajstić information content (AvgIpc) is 2.91. The van der Waals surface area contributed by atoms with Gasteiger partial charge >= 0.3 is 5.97 Å². The predicted octanol–water partition coefficient (Wildman–Crippen LogP) is 6.60. The molecule has 196 valence electrons. The van der Waals surface area contributed by atoms with Crippen molar-refractivity contribution in [3.63, 3.8) is 0 Å². The summed E-state index contributed by atoms with van der Waals surface area (Å²) in [5, 5.41) is 14.2. The van der Waals surface area contributed by atoms with Gasteiger partial charge in [0.2, 0.25) is 0 Å². The number of aromatic nitrogens is 2. The van der Waals surface area contributed by atoms with E-state index in [1.807, 2.05) is 26.0 Å². The second-order valence-electron chi connectivity index (χ2n) is 8.62. The smallest absolute Gasteiger partial charge is 0.335 e. The minimum atomic E-state index is -0.999. The zero-order valence-corrected chi connectivity index (χ0v) is 24.1. The molecule has 0 aliphatic rings. The Labute approximate surface area is 236 Å². The van der Waals surface area contributed by atoms with Gasteiger partial charge in [-0.05, 0) is 70.4 Å². The van der Waals surface area contributed by atoms with Crippen LogP contribution in [0.2, 0.25) is 0 Å². The number of fused-ring (bicyclic) bond motifs is 1. The summed E-state index contributed by atoms with van der Waals surface area (Å²) in [5.41, 5.74) is 1.93. The van der Waals surface area contributed by atoms with Gasteiger partial charge in [-0.2, -0.15) is 9.78 Å². The highest BCUT2D eigenvalue weighted by Crippen LogP contribution is 2.33. The average molecular weight is 643 g/mol. The van der Waals surface area contributed by atoms with Crippen LogP contribution < -0.4 is 15.0 Å². The molecule has 1 aromatic heterocycles. The molecule has 0 bridgehead atoms. The number of benzene rings is 3. The van der Waals surface area contributed by atoms with E-state index in [0.29, 0.717) is 43.8 Å². The minimum Gasteiger partial charge on any atom is -0.493 e. The normalized spacial score (nSPS) is 12.1. The van der Waals surface area contributed by atoms with Gasteiger partial charge in [0.05, 0.1) is 29.8 Å². The van der Waals surface area contributed by atoms with Crippen molar-refractivity contribution in [3.8, 4) is 11.5 Å². The molecule has 1 heterocycles. The van der Waals surface area contributed by atoms with E-state index in [9.17, 15) is 14.7 Å². The summed E-state index contributed by atoms with van der Waals surface area (Å²) in [5.74, 6) is 0.517. The highest BCUT2D eigenvalue weighted by atomic mass is 79.9. The first-order chi connectivity index (χ1) is 18.2. The first kappa shape index (κ1) is 27.5. The van der Waals surface area contributed by atoms with Crippen molar-refractivity contribution in [1.82, 2.24) is 9.66 Å². The van der Waals surface area contributed by atoms with Crippen molar-refractivity contribution in [2.75, 3.05) is 7.11 Å². The molecule has 8 nitrogen and oxygen atoms in total. The Hall–Kier alpha value is -3.50. The number of aromatic carboxylic acids is 1. The SMILES string of the molecule is CC[C@H](C)c1nc2ccc(Br)cc2c(=O)n1N=Cc1cc(OC)c(OCc2cccc(C(=O)O)c2)cc1Br. The Bertz CT molecular complexity index is 1600. The molecule has 3 aromatic carbocycles. The van der Waals surface area contributed by atoms with Gasteiger partial charge in [0.15, 0.2) is 11.5 Å². The van der Waals surface area contributed by atoms with E-state index < -0.39 is 5.97 Å². The summed E-state index contributed by atoms with van der Waals surface area (Å²) in [7, 11) is 1.53. The lowest BCUT2D eigenvalue weighted by atomic mass is 10.1. The standard InChI is InChI=1S/C28H25Br2N3O5/c1-4-16(2)26-32-23-9-8-20(29)12-21(23)27(34)33(26)31-14-19-11-24(37-3)25(13-22(19)30)38-15-17-6-5-7-18(10-17)28(35)36/h5-14,16H,4,15H2,1-3H3,(H,35,36)/t16-/m0/s1. The van der Waals surface area contributed by atoms with Crippen LogP contribution in [0.5, 0.6) is 11.5 Å². The fourth-order valence-electron chi connectivity index (χ4n) is 3.78. The molecule has 0 aliphatic heterocycles. The van der Waals surface area contributed by atoms with Crippen molar-refractivity contribution >= 4 is 54.9 Å². The Kier molecular flexibility index (Phi) is 8.63. The fourth-order valence-corrected chi connectivity index (χ4v) is 4.56. The van der Waals surface area contributed by atoms with E-state index in [0.717, 1.165) is 10.9 Å². The maximum Gasteiger partial charge on any atom is 0.335 e. The second-order valence-corrected chi connectivity index (χ2v) is 10.4. The Morgan fingerprint density at radius 2 is 1.95 bits per heavy atom. The summed E-state index contributed by atoms with van der Waals surface area (Å²) in [4.78, 5) is 29.4. The molecule has 0 unspecified atom stereocenters. The van der Waals surface area contributed by atoms with Crippen LogP contribution in [0, 0.1) is 0 Å². The molecule has 1 N–H and O–H groups in total. The van der Waals surface area contributed by atoms with Gasteiger partial charge in [-0.15, -0.1) is 0 Å². The van der Waals surface area contributed by atoms with E-state index in [-0.39, 0.29) is 23.6 Å². The number of halogens is 2. The topological polar surface area (TPSA) is 103 Å². The molecule has 0 saturated carbocycles. The summed E-state index contributed by atoms with van der Waals surface area (Å²) >= 11 is 6.98. The third-order valence-electron chi connectivity index (χ3n) is 6.05. The van der Waals surface area contributed by atoms with Crippen LogP contribution >= 0.6 is 31.9 Å². The lowest BCUT2D eigenvalue weighted by Crippen LogP contribution is -2.23. The number of carboxylic acid groups (broad SMARTS) is 1. The Balaban J connectivity index is 1.68. The molecule has 0 saturated heterocycles. The van der Waals surface area contributed by atoms with Gasteiger partial charge in [0, 0.05) is 20.4 Å². The maximum absolute atomic E-state index is 13.4. The van der Waals surface area contributed by atoms with Crippen molar-refractivity contribution in [2.24, 2.45) is 5.10 Å². The lowest BCUT2D eigenvalue weighted by molar-refractivity contribution is 0.0696. The van der Waals surface area contributed by atoms with Gasteiger partial charge < -0.3 is 14.6 Å². The molecule has 0 radical (unpaired) electrons. The van der Waals surface area contributed by atoms with E-state index in [4.69, 9.17) is 14.5 Å². The van der Waals surface area contributed by atoms with Crippen LogP contribution in [-0.2, 0) is 6.61 Å². The van der Waals surface area contributed by atoms with Gasteiger partial charge in [-0.25, -0.2) is 9.78 Å². The largest absolute Gasteiger partial charge is 0.493 e. The van der Waals surface area contributed by atoms with E-state index in [1.54, 1.807) is 42.6 Å². The number of ether oxygens (including phenoxy) is 2. The second kappa shape index (κ2) is 11.9. The Morgan fingerprint density at radius 1 is 1.16 bits per heavy atom. The van der Waals surface area contributed by atoms with Crippen molar-refractivity contribution in [2.45, 2.75) is 32.8 Å².